The Morgan fingerprint density at radius 3 is 2.72 bits per heavy atom. The van der Waals surface area contributed by atoms with E-state index >= 15 is 0 Å². The van der Waals surface area contributed by atoms with Crippen molar-refractivity contribution in [2.75, 3.05) is 25.0 Å². The maximum atomic E-state index is 13.3. The third-order valence-corrected chi connectivity index (χ3v) is 5.09. The van der Waals surface area contributed by atoms with Crippen molar-refractivity contribution in [1.29, 1.82) is 0 Å². The number of nitrogens with zero attached hydrogens (tertiary/aromatic N) is 4. The predicted molar refractivity (Wildman–Crippen MR) is 126 cm³/mol. The van der Waals surface area contributed by atoms with Gasteiger partial charge in [0.25, 0.3) is 0 Å². The molecule has 0 bridgehead atoms. The molecule has 1 unspecified atom stereocenters. The molecule has 1 fully saturated rings. The fourth-order valence-electron chi connectivity index (χ4n) is 3.67. The van der Waals surface area contributed by atoms with Crippen LogP contribution >= 0.6 is 24.8 Å². The summed E-state index contributed by atoms with van der Waals surface area (Å²) in [6.07, 6.45) is 5.06. The summed E-state index contributed by atoms with van der Waals surface area (Å²) in [4.78, 5) is 22.8. The zero-order valence-electron chi connectivity index (χ0n) is 17.7. The molecule has 4 rings (SSSR count). The molecular formula is C21H28Cl2FN5O3. The molecule has 2 aromatic heterocycles. The number of halogens is 3. The lowest BCUT2D eigenvalue weighted by molar-refractivity contribution is 0.0975. The molecule has 8 nitrogen and oxygen atoms in total. The molecule has 0 spiro atoms. The maximum Gasteiger partial charge on any atom is 0.409 e. The number of hydrogen-bond acceptors (Lipinski definition) is 5. The maximum absolute atomic E-state index is 13.3. The van der Waals surface area contributed by atoms with Gasteiger partial charge in [0.1, 0.15) is 5.82 Å². The normalized spacial score (nSPS) is 15.2. The van der Waals surface area contributed by atoms with Gasteiger partial charge in [0.15, 0.2) is 0 Å². The lowest BCUT2D eigenvalue weighted by atomic mass is 10.1. The second-order valence-corrected chi connectivity index (χ2v) is 7.14. The topological polar surface area (TPSA) is 104 Å². The number of fused-ring (bicyclic) bond motifs is 1. The smallest absolute Gasteiger partial charge is 0.409 e. The number of anilines is 1. The van der Waals surface area contributed by atoms with Gasteiger partial charge in [0, 0.05) is 25.3 Å². The number of carbonyl (C=O) groups excluding carboxylic acids is 1. The number of piperidine rings is 1. The van der Waals surface area contributed by atoms with Gasteiger partial charge in [-0.05, 0) is 43.5 Å². The van der Waals surface area contributed by atoms with E-state index in [0.717, 1.165) is 29.4 Å². The van der Waals surface area contributed by atoms with Gasteiger partial charge in [-0.25, -0.2) is 14.2 Å². The van der Waals surface area contributed by atoms with E-state index < -0.39 is 0 Å². The third-order valence-electron chi connectivity index (χ3n) is 5.09. The average Bonchev–Trinajstić information content (AvgIpc) is 3.07. The third kappa shape index (κ3) is 6.21. The Kier molecular flexibility index (Phi) is 10.6. The van der Waals surface area contributed by atoms with Crippen LogP contribution in [-0.4, -0.2) is 56.7 Å². The molecule has 3 heterocycles. The standard InChI is InChI=1S/C21H24FN5O2.2ClH.H2O/c1-2-29-21(28)26-11-3-4-17(14-26)24-20-25-18-9-10-23-12-19(18)27(20)13-15-5-7-16(22)8-6-15;;;/h5-10,12,17H,2-4,11,13-14H2,1H3,(H,24,25);2*1H;1H2. The van der Waals surface area contributed by atoms with Crippen molar-refractivity contribution >= 4 is 47.9 Å². The SMILES string of the molecule is CCOC(=O)N1CCCC(Nc2nc3ccncc3n2Cc2ccc(F)cc2)C1.Cl.Cl.O. The number of ether oxygens (including phenoxy) is 1. The van der Waals surface area contributed by atoms with Crippen molar-refractivity contribution in [3.63, 3.8) is 0 Å². The zero-order chi connectivity index (χ0) is 20.2. The van der Waals surface area contributed by atoms with Crippen molar-refractivity contribution < 1.29 is 19.4 Å². The molecule has 3 N–H and O–H groups in total. The molecular weight excluding hydrogens is 460 g/mol. The van der Waals surface area contributed by atoms with E-state index in [-0.39, 0.29) is 48.2 Å². The van der Waals surface area contributed by atoms with Crippen LogP contribution in [0.15, 0.2) is 42.7 Å². The van der Waals surface area contributed by atoms with Crippen molar-refractivity contribution in [2.45, 2.75) is 32.4 Å². The largest absolute Gasteiger partial charge is 0.450 e. The van der Waals surface area contributed by atoms with Crippen LogP contribution in [0.2, 0.25) is 0 Å². The zero-order valence-corrected chi connectivity index (χ0v) is 19.3. The predicted octanol–water partition coefficient (Wildman–Crippen LogP) is 3.67. The highest BCUT2D eigenvalue weighted by Gasteiger charge is 2.25. The quantitative estimate of drug-likeness (QED) is 0.590. The summed E-state index contributed by atoms with van der Waals surface area (Å²) in [5, 5.41) is 3.50. The molecule has 1 saturated heterocycles. The number of carbonyl (C=O) groups is 1. The summed E-state index contributed by atoms with van der Waals surface area (Å²) in [7, 11) is 0. The number of nitrogens with one attached hydrogen (secondary N) is 1. The second-order valence-electron chi connectivity index (χ2n) is 7.14. The first-order valence-corrected chi connectivity index (χ1v) is 9.87. The van der Waals surface area contributed by atoms with E-state index in [4.69, 9.17) is 9.72 Å². The van der Waals surface area contributed by atoms with E-state index in [2.05, 4.69) is 10.3 Å². The molecule has 176 valence electrons. The van der Waals surface area contributed by atoms with Crippen LogP contribution in [0.4, 0.5) is 15.1 Å². The molecule has 1 aromatic carbocycles. The van der Waals surface area contributed by atoms with E-state index in [0.29, 0.717) is 32.2 Å². The molecule has 1 aliphatic rings. The fourth-order valence-corrected chi connectivity index (χ4v) is 3.67. The molecule has 1 amide bonds. The molecule has 11 heteroatoms. The summed E-state index contributed by atoms with van der Waals surface area (Å²) in [5.74, 6) is 0.457. The van der Waals surface area contributed by atoms with Crippen molar-refractivity contribution in [3.8, 4) is 0 Å². The molecule has 32 heavy (non-hydrogen) atoms. The van der Waals surface area contributed by atoms with Crippen LogP contribution in [0.25, 0.3) is 11.0 Å². The summed E-state index contributed by atoms with van der Waals surface area (Å²) < 4.78 is 20.5. The highest BCUT2D eigenvalue weighted by Crippen LogP contribution is 2.23. The van der Waals surface area contributed by atoms with Crippen molar-refractivity contribution in [2.24, 2.45) is 0 Å². The molecule has 0 radical (unpaired) electrons. The fraction of sp³-hybridized carbons (Fsp3) is 0.381. The Labute approximate surface area is 198 Å². The van der Waals surface area contributed by atoms with E-state index in [1.165, 1.54) is 12.1 Å². The molecule has 1 aliphatic heterocycles. The summed E-state index contributed by atoms with van der Waals surface area (Å²) in [6, 6.07) is 8.39. The van der Waals surface area contributed by atoms with Gasteiger partial charge >= 0.3 is 6.09 Å². The summed E-state index contributed by atoms with van der Waals surface area (Å²) >= 11 is 0. The van der Waals surface area contributed by atoms with Crippen LogP contribution in [0.5, 0.6) is 0 Å². The Morgan fingerprint density at radius 1 is 1.25 bits per heavy atom. The Balaban J connectivity index is 0.00000171. The average molecular weight is 488 g/mol. The van der Waals surface area contributed by atoms with Crippen LogP contribution in [-0.2, 0) is 11.3 Å². The van der Waals surface area contributed by atoms with E-state index in [1.807, 2.05) is 17.6 Å². The van der Waals surface area contributed by atoms with Gasteiger partial charge in [-0.3, -0.25) is 4.98 Å². The number of aromatic nitrogens is 3. The van der Waals surface area contributed by atoms with Gasteiger partial charge < -0.3 is 25.0 Å². The highest BCUT2D eigenvalue weighted by atomic mass is 35.5. The Bertz CT molecular complexity index is 1000. The Morgan fingerprint density at radius 2 is 2.00 bits per heavy atom. The van der Waals surface area contributed by atoms with Gasteiger partial charge in [0.05, 0.1) is 30.4 Å². The summed E-state index contributed by atoms with van der Waals surface area (Å²) in [6.45, 7) is 3.99. The van der Waals surface area contributed by atoms with E-state index in [9.17, 15) is 9.18 Å². The highest BCUT2D eigenvalue weighted by molar-refractivity contribution is 5.85. The molecule has 3 aromatic rings. The van der Waals surface area contributed by atoms with Gasteiger partial charge in [-0.15, -0.1) is 24.8 Å². The van der Waals surface area contributed by atoms with Gasteiger partial charge in [0.2, 0.25) is 5.95 Å². The number of pyridine rings is 1. The monoisotopic (exact) mass is 487 g/mol. The molecule has 0 aliphatic carbocycles. The number of benzene rings is 1. The van der Waals surface area contributed by atoms with Crippen LogP contribution in [0.3, 0.4) is 0 Å². The lowest BCUT2D eigenvalue weighted by Crippen LogP contribution is -2.45. The minimum absolute atomic E-state index is 0. The number of amides is 1. The molecule has 1 atom stereocenters. The van der Waals surface area contributed by atoms with Gasteiger partial charge in [-0.1, -0.05) is 12.1 Å². The number of imidazole rings is 1. The minimum atomic E-state index is -0.275. The van der Waals surface area contributed by atoms with Crippen LogP contribution in [0.1, 0.15) is 25.3 Å². The number of hydrogen-bond donors (Lipinski definition) is 1. The first-order chi connectivity index (χ1) is 14.1. The van der Waals surface area contributed by atoms with Crippen molar-refractivity contribution in [3.05, 3.63) is 54.1 Å². The molecule has 0 saturated carbocycles. The Hall–Kier alpha value is -2.62. The summed E-state index contributed by atoms with van der Waals surface area (Å²) in [5.41, 5.74) is 2.70. The number of rotatable bonds is 5. The van der Waals surface area contributed by atoms with E-state index in [1.54, 1.807) is 29.4 Å². The lowest BCUT2D eigenvalue weighted by Gasteiger charge is -2.32. The second kappa shape index (κ2) is 12.4. The first-order valence-electron chi connectivity index (χ1n) is 9.87. The van der Waals surface area contributed by atoms with Crippen LogP contribution < -0.4 is 5.32 Å². The van der Waals surface area contributed by atoms with Crippen molar-refractivity contribution in [1.82, 2.24) is 19.4 Å². The number of likely N-dealkylation sites (tertiary alicyclic amines) is 1. The minimum Gasteiger partial charge on any atom is -0.450 e. The van der Waals surface area contributed by atoms with Gasteiger partial charge in [-0.2, -0.15) is 0 Å². The van der Waals surface area contributed by atoms with Crippen LogP contribution in [0, 0.1) is 5.82 Å². The first kappa shape index (κ1) is 27.4.